The molecule has 0 aliphatic carbocycles. The monoisotopic (exact) mass is 955 g/mol. The fraction of sp³-hybridized carbons (Fsp3) is 0. The zero-order chi connectivity index (χ0) is 47.8. The summed E-state index contributed by atoms with van der Waals surface area (Å²) >= 11 is 0. The van der Waals surface area contributed by atoms with Crippen LogP contribution in [0.25, 0.3) is 66.9 Å². The Bertz CT molecular complexity index is 4280. The van der Waals surface area contributed by atoms with Gasteiger partial charge in [0, 0.05) is 63.8 Å². The van der Waals surface area contributed by atoms with Crippen LogP contribution >= 0.6 is 10.0 Å². The van der Waals surface area contributed by atoms with Crippen LogP contribution in [0.4, 0.5) is 0 Å². The molecule has 0 N–H and O–H groups in total. The van der Waals surface area contributed by atoms with Gasteiger partial charge in [0.15, 0.2) is 5.82 Å². The summed E-state index contributed by atoms with van der Waals surface area (Å²) in [5.41, 5.74) is 7.64. The lowest BCUT2D eigenvalue weighted by Gasteiger charge is -2.42. The van der Waals surface area contributed by atoms with Crippen molar-refractivity contribution in [2.75, 3.05) is 0 Å². The van der Waals surface area contributed by atoms with Gasteiger partial charge >= 0.3 is 0 Å². The summed E-state index contributed by atoms with van der Waals surface area (Å²) in [6, 6.07) is 81.3. The van der Waals surface area contributed by atoms with E-state index < -0.39 is 10.0 Å². The summed E-state index contributed by atoms with van der Waals surface area (Å²) in [4.78, 5) is 21.5. The topological polar surface area (TPSA) is 76.2 Å². The first kappa shape index (κ1) is 40.4. The Morgan fingerprint density at radius 2 is 0.781 bits per heavy atom. The zero-order valence-electron chi connectivity index (χ0n) is 38.9. The Hall–Kier alpha value is -9.38. The maximum atomic E-state index is 7.12. The van der Waals surface area contributed by atoms with E-state index in [2.05, 4.69) is 203 Å². The van der Waals surface area contributed by atoms with Gasteiger partial charge < -0.3 is 14.2 Å². The number of fused-ring (bicyclic) bond motifs is 7. The molecule has 8 nitrogen and oxygen atoms in total. The average molecular weight is 956 g/mol. The minimum atomic E-state index is -2.04. The molecular weight excluding hydrogens is 918 g/mol. The van der Waals surface area contributed by atoms with Crippen molar-refractivity contribution in [2.24, 2.45) is 0 Å². The predicted molar refractivity (Wildman–Crippen MR) is 292 cm³/mol. The summed E-state index contributed by atoms with van der Waals surface area (Å²) < 4.78 is 24.9. The highest BCUT2D eigenvalue weighted by atomic mass is 32.3. The van der Waals surface area contributed by atoms with Crippen molar-refractivity contribution in [1.29, 1.82) is 0 Å². The molecule has 0 radical (unpaired) electrons. The van der Waals surface area contributed by atoms with Crippen molar-refractivity contribution in [3.63, 3.8) is 0 Å². The molecule has 10 heteroatoms. The van der Waals surface area contributed by atoms with Gasteiger partial charge in [0.2, 0.25) is 11.9 Å². The molecule has 0 fully saturated rings. The van der Waals surface area contributed by atoms with Crippen LogP contribution in [0.3, 0.4) is 0 Å². The Balaban J connectivity index is 0.990. The van der Waals surface area contributed by atoms with E-state index in [0.29, 0.717) is 17.7 Å². The highest BCUT2D eigenvalue weighted by Gasteiger charge is 2.47. The highest BCUT2D eigenvalue weighted by Crippen LogP contribution is 2.73. The van der Waals surface area contributed by atoms with Crippen LogP contribution < -0.4 is 30.6 Å². The standard InChI is InChI=1S/C63H38BN5O3S/c1-4-20-40(21-5-1)73(41-22-6-2-7-23-41,42-24-8-3-9-25-42)43-26-16-19-39(37-43)61-65-62(68-47-30-13-10-27-44(47)45-28-11-14-31-48(45)68)67-63(66-61)69-49-32-15-12-29-46(49)56-50(69)38-55-59-60(56)72-54-36-18-34-52-58(54)64(59)57-51(70-52)33-17-35-53(57)71-55/h1-38H. The molecule has 0 bridgehead atoms. The second kappa shape index (κ2) is 15.3. The van der Waals surface area contributed by atoms with Gasteiger partial charge in [-0.05, 0) is 91.0 Å². The average Bonchev–Trinajstić information content (AvgIpc) is 4.00. The van der Waals surface area contributed by atoms with Gasteiger partial charge in [-0.3, -0.25) is 9.13 Å². The number of aromatic nitrogens is 5. The van der Waals surface area contributed by atoms with E-state index in [1.54, 1.807) is 0 Å². The van der Waals surface area contributed by atoms with Crippen LogP contribution in [0, 0.1) is 0 Å². The minimum absolute atomic E-state index is 0.139. The number of para-hydroxylation sites is 3. The number of ether oxygens (including phenoxy) is 3. The first-order valence-corrected chi connectivity index (χ1v) is 26.1. The number of nitrogens with zero attached hydrogens (tertiary/aromatic N) is 5. The molecule has 0 saturated carbocycles. The third kappa shape index (κ3) is 5.66. The van der Waals surface area contributed by atoms with Crippen molar-refractivity contribution in [2.45, 2.75) is 19.6 Å². The van der Waals surface area contributed by atoms with E-state index in [1.807, 2.05) is 36.4 Å². The number of hydrogen-bond donors (Lipinski definition) is 0. The Morgan fingerprint density at radius 1 is 0.342 bits per heavy atom. The molecule has 6 heterocycles. The van der Waals surface area contributed by atoms with Gasteiger partial charge in [-0.1, -0.05) is 133 Å². The first-order chi connectivity index (χ1) is 36.2. The molecule has 16 rings (SSSR count). The van der Waals surface area contributed by atoms with Gasteiger partial charge in [-0.25, -0.2) is 0 Å². The number of benzene rings is 10. The molecule has 73 heavy (non-hydrogen) atoms. The third-order valence-electron chi connectivity index (χ3n) is 14.8. The van der Waals surface area contributed by atoms with E-state index in [9.17, 15) is 0 Å². The summed E-state index contributed by atoms with van der Waals surface area (Å²) in [5, 5.41) is 4.18. The molecule has 3 aliphatic rings. The van der Waals surface area contributed by atoms with Gasteiger partial charge in [-0.15, -0.1) is 10.0 Å². The van der Waals surface area contributed by atoms with Crippen LogP contribution in [0.15, 0.2) is 250 Å². The van der Waals surface area contributed by atoms with Crippen molar-refractivity contribution in [1.82, 2.24) is 24.1 Å². The highest BCUT2D eigenvalue weighted by molar-refractivity contribution is 8.34. The predicted octanol–water partition coefficient (Wildman–Crippen LogP) is 13.9. The summed E-state index contributed by atoms with van der Waals surface area (Å²) in [5.74, 6) is 6.09. The SMILES string of the molecule is c1ccc(S(c2ccccc2)(c2ccccc2)c2cccc(-c3nc(-n4c5ccccc5c5ccccc54)nc(-n4c5ccccc5c5c6c7c(cc54)Oc4cccc5c4B7c4c(cccc4O6)O5)n3)c2)cc1. The minimum Gasteiger partial charge on any atom is -0.458 e. The second-order valence-corrected chi connectivity index (χ2v) is 21.8. The molecule has 0 spiro atoms. The fourth-order valence-corrected chi connectivity index (χ4v) is 15.8. The van der Waals surface area contributed by atoms with Crippen molar-refractivity contribution in [3.05, 3.63) is 231 Å². The van der Waals surface area contributed by atoms with Crippen LogP contribution in [-0.2, 0) is 0 Å². The molecule has 0 unspecified atom stereocenters. The van der Waals surface area contributed by atoms with Gasteiger partial charge in [0.05, 0.1) is 27.5 Å². The zero-order valence-corrected chi connectivity index (χ0v) is 39.7. The fourth-order valence-electron chi connectivity index (χ4n) is 11.9. The lowest BCUT2D eigenvalue weighted by Crippen LogP contribution is -2.59. The van der Waals surface area contributed by atoms with Crippen molar-refractivity contribution in [3.8, 4) is 57.8 Å². The summed E-state index contributed by atoms with van der Waals surface area (Å²) in [6.07, 6.45) is 0. The smallest absolute Gasteiger partial charge is 0.270 e. The van der Waals surface area contributed by atoms with E-state index in [-0.39, 0.29) is 6.71 Å². The van der Waals surface area contributed by atoms with Gasteiger partial charge in [-0.2, -0.15) is 15.0 Å². The Morgan fingerprint density at radius 3 is 1.34 bits per heavy atom. The van der Waals surface area contributed by atoms with E-state index >= 15 is 0 Å². The van der Waals surface area contributed by atoms with Crippen molar-refractivity contribution >= 4 is 76.7 Å². The lowest BCUT2D eigenvalue weighted by molar-refractivity contribution is 0.445. The summed E-state index contributed by atoms with van der Waals surface area (Å²) in [6.45, 7) is -0.139. The van der Waals surface area contributed by atoms with E-state index in [4.69, 9.17) is 29.2 Å². The van der Waals surface area contributed by atoms with Crippen LogP contribution in [0.2, 0.25) is 0 Å². The molecule has 0 saturated heterocycles. The molecule has 10 aromatic carbocycles. The Labute approximate surface area is 420 Å². The third-order valence-corrected chi connectivity index (χ3v) is 18.7. The van der Waals surface area contributed by atoms with Gasteiger partial charge in [0.1, 0.15) is 34.5 Å². The molecule has 0 atom stereocenters. The molecule has 13 aromatic rings. The van der Waals surface area contributed by atoms with Crippen LogP contribution in [0.1, 0.15) is 0 Å². The largest absolute Gasteiger partial charge is 0.458 e. The Kier molecular flexibility index (Phi) is 8.47. The molecule has 3 aromatic heterocycles. The maximum absolute atomic E-state index is 7.12. The molecule has 3 aliphatic heterocycles. The van der Waals surface area contributed by atoms with E-state index in [1.165, 1.54) is 14.7 Å². The number of rotatable bonds is 7. The van der Waals surface area contributed by atoms with Crippen molar-refractivity contribution < 1.29 is 14.2 Å². The number of hydrogen-bond acceptors (Lipinski definition) is 6. The summed E-state index contributed by atoms with van der Waals surface area (Å²) in [7, 11) is -2.04. The quantitative estimate of drug-likeness (QED) is 0.148. The van der Waals surface area contributed by atoms with Gasteiger partial charge in [0.25, 0.3) is 6.71 Å². The normalized spacial score (nSPS) is 13.2. The lowest BCUT2D eigenvalue weighted by atomic mass is 9.34. The maximum Gasteiger partial charge on any atom is 0.270 e. The van der Waals surface area contributed by atoms with E-state index in [0.717, 1.165) is 105 Å². The second-order valence-electron chi connectivity index (χ2n) is 18.6. The van der Waals surface area contributed by atoms with Crippen LogP contribution in [0.5, 0.6) is 34.5 Å². The molecule has 0 amide bonds. The first-order valence-electron chi connectivity index (χ1n) is 24.4. The van der Waals surface area contributed by atoms with Crippen LogP contribution in [-0.4, -0.2) is 30.8 Å². The molecular formula is C63H38BN5O3S. The molecule has 342 valence electrons.